The highest BCUT2D eigenvalue weighted by Crippen LogP contribution is 2.28. The van der Waals surface area contributed by atoms with E-state index in [-0.39, 0.29) is 6.04 Å². The van der Waals surface area contributed by atoms with Gasteiger partial charge < -0.3 is 10.3 Å². The van der Waals surface area contributed by atoms with E-state index in [2.05, 4.69) is 4.98 Å². The predicted octanol–water partition coefficient (Wildman–Crippen LogP) is 3.90. The largest absolute Gasteiger partial charge is 0.329 e. The van der Waals surface area contributed by atoms with Gasteiger partial charge in [-0.1, -0.05) is 60.1 Å². The zero-order chi connectivity index (χ0) is 14.7. The molecule has 2 N–H and O–H groups in total. The first-order valence-corrected chi connectivity index (χ1v) is 7.19. The van der Waals surface area contributed by atoms with Gasteiger partial charge in [-0.3, -0.25) is 0 Å². The van der Waals surface area contributed by atoms with E-state index in [4.69, 9.17) is 17.3 Å². The van der Waals surface area contributed by atoms with Gasteiger partial charge in [0.2, 0.25) is 0 Å². The third-order valence-corrected chi connectivity index (χ3v) is 3.81. The van der Waals surface area contributed by atoms with Gasteiger partial charge in [-0.05, 0) is 11.6 Å². The fourth-order valence-electron chi connectivity index (χ4n) is 2.38. The van der Waals surface area contributed by atoms with E-state index in [9.17, 15) is 0 Å². The van der Waals surface area contributed by atoms with Crippen LogP contribution in [0.25, 0.3) is 11.3 Å². The smallest absolute Gasteiger partial charge is 0.0951 e. The van der Waals surface area contributed by atoms with Crippen molar-refractivity contribution in [2.45, 2.75) is 12.6 Å². The minimum Gasteiger partial charge on any atom is -0.329 e. The summed E-state index contributed by atoms with van der Waals surface area (Å²) >= 11 is 6.27. The van der Waals surface area contributed by atoms with E-state index in [0.717, 1.165) is 16.8 Å². The molecule has 1 unspecified atom stereocenters. The molecule has 0 spiro atoms. The third-order valence-electron chi connectivity index (χ3n) is 3.48. The van der Waals surface area contributed by atoms with Crippen molar-refractivity contribution in [2.24, 2.45) is 5.73 Å². The Morgan fingerprint density at radius 3 is 2.52 bits per heavy atom. The molecule has 1 aromatic heterocycles. The summed E-state index contributed by atoms with van der Waals surface area (Å²) in [6.07, 6.45) is 3.61. The lowest BCUT2D eigenvalue weighted by atomic mass is 10.1. The molecule has 0 amide bonds. The van der Waals surface area contributed by atoms with Gasteiger partial charge in [0.05, 0.1) is 18.2 Å². The molecule has 0 saturated carbocycles. The Bertz CT molecular complexity index is 722. The molecule has 106 valence electrons. The van der Waals surface area contributed by atoms with Crippen molar-refractivity contribution in [1.82, 2.24) is 9.55 Å². The van der Waals surface area contributed by atoms with Crippen molar-refractivity contribution in [3.63, 3.8) is 0 Å². The maximum Gasteiger partial charge on any atom is 0.0951 e. The van der Waals surface area contributed by atoms with Crippen LogP contribution in [0.1, 0.15) is 11.6 Å². The third kappa shape index (κ3) is 2.99. The second kappa shape index (κ2) is 6.12. The van der Waals surface area contributed by atoms with Crippen molar-refractivity contribution in [3.8, 4) is 11.3 Å². The molecule has 1 atom stereocenters. The fourth-order valence-corrected chi connectivity index (χ4v) is 2.61. The van der Waals surface area contributed by atoms with E-state index in [1.165, 1.54) is 0 Å². The van der Waals surface area contributed by atoms with Crippen molar-refractivity contribution >= 4 is 11.6 Å². The van der Waals surface area contributed by atoms with Gasteiger partial charge in [-0.2, -0.15) is 0 Å². The number of nitrogens with two attached hydrogens (primary N) is 1. The molecule has 2 aromatic carbocycles. The Hall–Kier alpha value is -2.10. The van der Waals surface area contributed by atoms with Gasteiger partial charge in [0.1, 0.15) is 0 Å². The highest BCUT2D eigenvalue weighted by Gasteiger charge is 2.12. The minimum atomic E-state index is -0.0818. The Morgan fingerprint density at radius 2 is 1.76 bits per heavy atom. The molecule has 3 nitrogen and oxygen atoms in total. The Kier molecular flexibility index (Phi) is 4.04. The van der Waals surface area contributed by atoms with Crippen LogP contribution in [0.2, 0.25) is 5.02 Å². The number of imidazole rings is 1. The molecule has 3 rings (SSSR count). The van der Waals surface area contributed by atoms with Gasteiger partial charge in [-0.25, -0.2) is 4.98 Å². The van der Waals surface area contributed by atoms with E-state index < -0.39 is 0 Å². The van der Waals surface area contributed by atoms with E-state index in [1.54, 1.807) is 6.33 Å². The van der Waals surface area contributed by atoms with Crippen LogP contribution in [0.4, 0.5) is 0 Å². The first kappa shape index (κ1) is 13.9. The summed E-state index contributed by atoms with van der Waals surface area (Å²) < 4.78 is 2.04. The summed E-state index contributed by atoms with van der Waals surface area (Å²) in [5, 5.41) is 0.715. The summed E-state index contributed by atoms with van der Waals surface area (Å²) in [6.45, 7) is 0.657. The van der Waals surface area contributed by atoms with Gasteiger partial charge in [0, 0.05) is 23.2 Å². The topological polar surface area (TPSA) is 43.8 Å². The van der Waals surface area contributed by atoms with Crippen molar-refractivity contribution in [3.05, 3.63) is 77.7 Å². The van der Waals surface area contributed by atoms with Gasteiger partial charge in [0.15, 0.2) is 0 Å². The summed E-state index contributed by atoms with van der Waals surface area (Å²) in [5.74, 6) is 0. The maximum absolute atomic E-state index is 6.29. The number of rotatable bonds is 4. The second-order valence-corrected chi connectivity index (χ2v) is 5.34. The average molecular weight is 298 g/mol. The SMILES string of the molecule is NC(Cn1cncc1-c1ccccc1Cl)c1ccccc1. The van der Waals surface area contributed by atoms with Crippen molar-refractivity contribution in [2.75, 3.05) is 0 Å². The first-order valence-electron chi connectivity index (χ1n) is 6.81. The molecule has 1 heterocycles. The van der Waals surface area contributed by atoms with E-state index >= 15 is 0 Å². The van der Waals surface area contributed by atoms with Crippen LogP contribution in [0.15, 0.2) is 67.1 Å². The van der Waals surface area contributed by atoms with Crippen molar-refractivity contribution < 1.29 is 0 Å². The molecule has 4 heteroatoms. The average Bonchev–Trinajstić information content (AvgIpc) is 2.96. The highest BCUT2D eigenvalue weighted by atomic mass is 35.5. The molecule has 0 radical (unpaired) electrons. The molecule has 3 aromatic rings. The summed E-state index contributed by atoms with van der Waals surface area (Å²) in [7, 11) is 0. The zero-order valence-electron chi connectivity index (χ0n) is 11.5. The molecular weight excluding hydrogens is 282 g/mol. The normalized spacial score (nSPS) is 12.3. The number of hydrogen-bond donors (Lipinski definition) is 1. The van der Waals surface area contributed by atoms with Crippen LogP contribution in [0.3, 0.4) is 0 Å². The number of benzene rings is 2. The van der Waals surface area contributed by atoms with E-state index in [0.29, 0.717) is 11.6 Å². The molecule has 21 heavy (non-hydrogen) atoms. The molecule has 0 bridgehead atoms. The van der Waals surface area contributed by atoms with Gasteiger partial charge >= 0.3 is 0 Å². The number of nitrogens with zero attached hydrogens (tertiary/aromatic N) is 2. The van der Waals surface area contributed by atoms with Gasteiger partial charge in [-0.15, -0.1) is 0 Å². The lowest BCUT2D eigenvalue weighted by Crippen LogP contribution is -2.17. The second-order valence-electron chi connectivity index (χ2n) is 4.93. The van der Waals surface area contributed by atoms with E-state index in [1.807, 2.05) is 65.4 Å². The minimum absolute atomic E-state index is 0.0818. The lowest BCUT2D eigenvalue weighted by Gasteiger charge is -2.15. The summed E-state index contributed by atoms with van der Waals surface area (Å²) in [4.78, 5) is 4.24. The van der Waals surface area contributed by atoms with Crippen molar-refractivity contribution in [1.29, 1.82) is 0 Å². The predicted molar refractivity (Wildman–Crippen MR) is 86.0 cm³/mol. The van der Waals surface area contributed by atoms with Crippen LogP contribution in [-0.4, -0.2) is 9.55 Å². The van der Waals surface area contributed by atoms with Crippen LogP contribution < -0.4 is 5.73 Å². The molecule has 0 aliphatic heterocycles. The number of aromatic nitrogens is 2. The van der Waals surface area contributed by atoms with Crippen LogP contribution in [0, 0.1) is 0 Å². The van der Waals surface area contributed by atoms with Gasteiger partial charge in [0.25, 0.3) is 0 Å². The zero-order valence-corrected chi connectivity index (χ0v) is 12.2. The quantitative estimate of drug-likeness (QED) is 0.793. The molecule has 0 aliphatic carbocycles. The summed E-state index contributed by atoms with van der Waals surface area (Å²) in [6, 6.07) is 17.7. The standard InChI is InChI=1S/C17H16ClN3/c18-15-9-5-4-8-14(15)17-10-20-12-21(17)11-16(19)13-6-2-1-3-7-13/h1-10,12,16H,11,19H2. The van der Waals surface area contributed by atoms with Crippen LogP contribution in [-0.2, 0) is 6.54 Å². The Balaban J connectivity index is 1.88. The molecule has 0 saturated heterocycles. The van der Waals surface area contributed by atoms with Crippen LogP contribution in [0.5, 0.6) is 0 Å². The highest BCUT2D eigenvalue weighted by molar-refractivity contribution is 6.33. The first-order chi connectivity index (χ1) is 10.3. The fraction of sp³-hybridized carbons (Fsp3) is 0.118. The Labute approximate surface area is 129 Å². The monoisotopic (exact) mass is 297 g/mol. The molecule has 0 fully saturated rings. The Morgan fingerprint density at radius 1 is 1.05 bits per heavy atom. The molecular formula is C17H16ClN3. The van der Waals surface area contributed by atoms with Crippen LogP contribution >= 0.6 is 11.6 Å². The molecule has 0 aliphatic rings. The summed E-state index contributed by atoms with van der Waals surface area (Å²) in [5.41, 5.74) is 9.35. The number of hydrogen-bond acceptors (Lipinski definition) is 2. The maximum atomic E-state index is 6.29. The lowest BCUT2D eigenvalue weighted by molar-refractivity contribution is 0.580. The number of halogens is 1.